The average Bonchev–Trinajstić information content (AvgIpc) is 2.71. The zero-order valence-electron chi connectivity index (χ0n) is 15.5. The summed E-state index contributed by atoms with van der Waals surface area (Å²) in [5.74, 6) is 0.0176. The predicted molar refractivity (Wildman–Crippen MR) is 106 cm³/mol. The van der Waals surface area contributed by atoms with E-state index in [0.29, 0.717) is 5.69 Å². The number of nitrogens with zero attached hydrogens (tertiary/aromatic N) is 1. The first-order valence-corrected chi connectivity index (χ1v) is 9.09. The minimum atomic E-state index is -2.48. The lowest BCUT2D eigenvalue weighted by Gasteiger charge is -2.18. The lowest BCUT2D eigenvalue weighted by molar-refractivity contribution is 0.241. The van der Waals surface area contributed by atoms with E-state index in [1.54, 1.807) is 24.3 Å². The van der Waals surface area contributed by atoms with Gasteiger partial charge in [-0.1, -0.05) is 47.6 Å². The van der Waals surface area contributed by atoms with Gasteiger partial charge in [0.15, 0.2) is 0 Å². The van der Waals surface area contributed by atoms with Gasteiger partial charge < -0.3 is 4.74 Å². The molecule has 29 heavy (non-hydrogen) atoms. The van der Waals surface area contributed by atoms with E-state index in [1.807, 2.05) is 12.1 Å². The summed E-state index contributed by atoms with van der Waals surface area (Å²) >= 11 is 0. The number of carbonyl (C=O) groups excluding carboxylic acids is 1. The molecule has 1 saturated carbocycles. The first-order chi connectivity index (χ1) is 14.0. The first kappa shape index (κ1) is 20.4. The summed E-state index contributed by atoms with van der Waals surface area (Å²) < 4.78 is 41.5. The van der Waals surface area contributed by atoms with E-state index in [1.165, 1.54) is 29.4 Å². The molecular weight excluding hydrogens is 379 g/mol. The molecule has 2 aromatic carbocycles. The molecule has 0 atom stereocenters. The molecule has 3 nitrogen and oxygen atoms in total. The Hall–Kier alpha value is -3.37. The molecule has 6 heteroatoms. The van der Waals surface area contributed by atoms with Crippen molar-refractivity contribution in [2.45, 2.75) is 25.7 Å². The molecule has 1 aliphatic carbocycles. The summed E-state index contributed by atoms with van der Waals surface area (Å²) in [5.41, 5.74) is 5.08. The lowest BCUT2D eigenvalue weighted by Crippen LogP contribution is -1.98. The molecule has 0 amide bonds. The average molecular weight is 397 g/mol. The van der Waals surface area contributed by atoms with Crippen LogP contribution in [0.2, 0.25) is 0 Å². The van der Waals surface area contributed by atoms with Crippen molar-refractivity contribution in [2.75, 3.05) is 0 Å². The highest BCUT2D eigenvalue weighted by Gasteiger charge is 2.11. The van der Waals surface area contributed by atoms with Gasteiger partial charge in [-0.2, -0.15) is 18.2 Å². The van der Waals surface area contributed by atoms with Crippen molar-refractivity contribution in [1.29, 1.82) is 0 Å². The van der Waals surface area contributed by atoms with Crippen LogP contribution in [0.1, 0.15) is 36.8 Å². The number of hydrogen-bond acceptors (Lipinski definition) is 3. The topological polar surface area (TPSA) is 38.7 Å². The number of aliphatic imine (C=N–C) groups is 1. The fourth-order valence-corrected chi connectivity index (χ4v) is 3.20. The van der Waals surface area contributed by atoms with Gasteiger partial charge in [-0.25, -0.2) is 4.79 Å². The molecule has 0 unspecified atom stereocenters. The quantitative estimate of drug-likeness (QED) is 0.306. The van der Waals surface area contributed by atoms with Crippen molar-refractivity contribution in [2.24, 2.45) is 4.99 Å². The van der Waals surface area contributed by atoms with Gasteiger partial charge in [0.25, 0.3) is 0 Å². The highest BCUT2D eigenvalue weighted by molar-refractivity contribution is 5.60. The SMILES string of the molecule is O=C=Nc1ccc(C=C2CCCC(=Cc3ccc(OC(F)=C(F)F)cc3)C2)cc1. The Balaban J connectivity index is 1.69. The molecule has 2 aromatic rings. The standard InChI is InChI=1S/C23H18F3NO2/c24-22(25)23(26)29-21-10-6-17(7-11-21)13-19-3-1-2-18(14-19)12-16-4-8-20(9-5-16)27-15-28/h4-13H,1-3,14H2. The van der Waals surface area contributed by atoms with Crippen LogP contribution in [-0.4, -0.2) is 6.08 Å². The Labute approximate surface area is 166 Å². The van der Waals surface area contributed by atoms with Gasteiger partial charge in [-0.15, -0.1) is 0 Å². The molecule has 148 valence electrons. The van der Waals surface area contributed by atoms with Crippen LogP contribution in [0.4, 0.5) is 18.9 Å². The van der Waals surface area contributed by atoms with Gasteiger partial charge in [0, 0.05) is 0 Å². The van der Waals surface area contributed by atoms with Gasteiger partial charge in [-0.05, 0) is 61.1 Å². The van der Waals surface area contributed by atoms with Crippen LogP contribution >= 0.6 is 0 Å². The number of halogens is 3. The molecule has 0 spiro atoms. The minimum Gasteiger partial charge on any atom is -0.428 e. The third-order valence-electron chi connectivity index (χ3n) is 4.50. The second kappa shape index (κ2) is 9.71. The van der Waals surface area contributed by atoms with Crippen molar-refractivity contribution < 1.29 is 22.7 Å². The van der Waals surface area contributed by atoms with Crippen molar-refractivity contribution in [1.82, 2.24) is 0 Å². The summed E-state index contributed by atoms with van der Waals surface area (Å²) in [6, 6.07) is 11.8. The molecule has 0 aromatic heterocycles. The number of ether oxygens (including phenoxy) is 1. The van der Waals surface area contributed by atoms with E-state index in [4.69, 9.17) is 0 Å². The Bertz CT molecular complexity index is 995. The van der Waals surface area contributed by atoms with E-state index in [2.05, 4.69) is 21.9 Å². The predicted octanol–water partition coefficient (Wildman–Crippen LogP) is 7.11. The molecule has 0 saturated heterocycles. The normalized spacial score (nSPS) is 16.4. The van der Waals surface area contributed by atoms with Crippen molar-refractivity contribution in [3.05, 3.63) is 82.9 Å². The fourth-order valence-electron chi connectivity index (χ4n) is 3.20. The van der Waals surface area contributed by atoms with E-state index in [-0.39, 0.29) is 5.75 Å². The monoisotopic (exact) mass is 397 g/mol. The minimum absolute atomic E-state index is 0.0176. The maximum atomic E-state index is 12.8. The van der Waals surface area contributed by atoms with Crippen LogP contribution in [0.25, 0.3) is 12.2 Å². The second-order valence-corrected chi connectivity index (χ2v) is 6.64. The van der Waals surface area contributed by atoms with Gasteiger partial charge in [0.05, 0.1) is 5.69 Å². The molecule has 0 aliphatic heterocycles. The Morgan fingerprint density at radius 1 is 0.897 bits per heavy atom. The van der Waals surface area contributed by atoms with Gasteiger partial charge >= 0.3 is 12.1 Å². The van der Waals surface area contributed by atoms with Gasteiger partial charge in [-0.3, -0.25) is 0 Å². The Kier molecular flexibility index (Phi) is 6.82. The summed E-state index contributed by atoms with van der Waals surface area (Å²) in [4.78, 5) is 13.9. The Morgan fingerprint density at radius 2 is 1.45 bits per heavy atom. The summed E-state index contributed by atoms with van der Waals surface area (Å²) in [5, 5.41) is 0. The third-order valence-corrected chi connectivity index (χ3v) is 4.50. The summed E-state index contributed by atoms with van der Waals surface area (Å²) in [6.07, 6.45) is 7.11. The molecule has 1 fully saturated rings. The maximum absolute atomic E-state index is 12.8. The third kappa shape index (κ3) is 6.06. The van der Waals surface area contributed by atoms with Crippen LogP contribution in [0, 0.1) is 0 Å². The molecule has 0 heterocycles. The number of benzene rings is 2. The largest absolute Gasteiger partial charge is 0.428 e. The van der Waals surface area contributed by atoms with E-state index in [9.17, 15) is 18.0 Å². The molecule has 3 rings (SSSR count). The van der Waals surface area contributed by atoms with E-state index in [0.717, 1.165) is 36.8 Å². The van der Waals surface area contributed by atoms with E-state index < -0.39 is 12.1 Å². The highest BCUT2D eigenvalue weighted by atomic mass is 19.3. The van der Waals surface area contributed by atoms with Crippen LogP contribution < -0.4 is 4.74 Å². The number of rotatable bonds is 5. The smallest absolute Gasteiger partial charge is 0.344 e. The van der Waals surface area contributed by atoms with Crippen molar-refractivity contribution >= 4 is 23.9 Å². The molecule has 0 bridgehead atoms. The van der Waals surface area contributed by atoms with Crippen molar-refractivity contribution in [3.63, 3.8) is 0 Å². The second-order valence-electron chi connectivity index (χ2n) is 6.64. The zero-order chi connectivity index (χ0) is 20.6. The van der Waals surface area contributed by atoms with Crippen molar-refractivity contribution in [3.8, 4) is 5.75 Å². The van der Waals surface area contributed by atoms with Crippen LogP contribution in [-0.2, 0) is 4.79 Å². The first-order valence-electron chi connectivity index (χ1n) is 9.09. The lowest BCUT2D eigenvalue weighted by atomic mass is 9.88. The summed E-state index contributed by atoms with van der Waals surface area (Å²) in [7, 11) is 0. The zero-order valence-corrected chi connectivity index (χ0v) is 15.5. The fraction of sp³-hybridized carbons (Fsp3) is 0.174. The van der Waals surface area contributed by atoms with Gasteiger partial charge in [0.2, 0.25) is 6.08 Å². The van der Waals surface area contributed by atoms with E-state index >= 15 is 0 Å². The Morgan fingerprint density at radius 3 is 1.97 bits per heavy atom. The van der Waals surface area contributed by atoms with Crippen LogP contribution in [0.3, 0.4) is 0 Å². The molecular formula is C23H18F3NO2. The number of hydrogen-bond donors (Lipinski definition) is 0. The van der Waals surface area contributed by atoms with Crippen LogP contribution in [0.15, 0.2) is 76.8 Å². The number of isocyanates is 1. The maximum Gasteiger partial charge on any atom is 0.344 e. The summed E-state index contributed by atoms with van der Waals surface area (Å²) in [6.45, 7) is 0. The molecule has 0 N–H and O–H groups in total. The van der Waals surface area contributed by atoms with Gasteiger partial charge in [0.1, 0.15) is 5.75 Å². The highest BCUT2D eigenvalue weighted by Crippen LogP contribution is 2.31. The number of allylic oxidation sites excluding steroid dienone is 2. The van der Waals surface area contributed by atoms with Crippen LogP contribution in [0.5, 0.6) is 5.75 Å². The molecule has 1 aliphatic rings. The molecule has 0 radical (unpaired) electrons.